The number of rotatable bonds is 2. The van der Waals surface area contributed by atoms with E-state index in [0.29, 0.717) is 27.9 Å². The zero-order valence-electron chi connectivity index (χ0n) is 53.7. The zero-order valence-corrected chi connectivity index (χ0v) is 51.0. The van der Waals surface area contributed by atoms with Crippen molar-refractivity contribution in [2.24, 2.45) is 0 Å². The molecule has 1 aliphatic heterocycles. The molecule has 0 N–H and O–H groups in total. The van der Waals surface area contributed by atoms with E-state index in [4.69, 9.17) is 16.3 Å². The molecule has 6 heteroatoms. The van der Waals surface area contributed by atoms with Gasteiger partial charge in [-0.2, -0.15) is 23.8 Å². The molecule has 5 nitrogen and oxygen atoms in total. The zero-order chi connectivity index (χ0) is 60.7. The Morgan fingerprint density at radius 2 is 1.12 bits per heavy atom. The first kappa shape index (κ1) is 48.6. The maximum Gasteiger partial charge on any atom is 0.136 e. The minimum atomic E-state index is -0.433. The summed E-state index contributed by atoms with van der Waals surface area (Å²) in [5.41, 5.74) is 14.3. The summed E-state index contributed by atoms with van der Waals surface area (Å²) >= 11 is 0. The van der Waals surface area contributed by atoms with Gasteiger partial charge in [0.1, 0.15) is 5.65 Å². The van der Waals surface area contributed by atoms with E-state index >= 15 is 0 Å². The first-order chi connectivity index (χ1) is 40.7. The van der Waals surface area contributed by atoms with Crippen molar-refractivity contribution in [1.29, 1.82) is 0 Å². The van der Waals surface area contributed by atoms with Crippen LogP contribution in [-0.2, 0) is 42.7 Å². The topological polar surface area (TPSA) is 40.3 Å². The molecule has 3 aromatic heterocycles. The number of aromatic nitrogens is 4. The van der Waals surface area contributed by atoms with Gasteiger partial charge in [0.05, 0.1) is 12.4 Å². The van der Waals surface area contributed by atoms with Gasteiger partial charge in [-0.3, -0.25) is 0 Å². The molecule has 0 aliphatic carbocycles. The van der Waals surface area contributed by atoms with E-state index in [2.05, 4.69) is 249 Å². The first-order valence-electron chi connectivity index (χ1n) is 30.6. The van der Waals surface area contributed by atoms with Crippen molar-refractivity contribution < 1.29 is 32.3 Å². The van der Waals surface area contributed by atoms with Crippen molar-refractivity contribution in [2.75, 3.05) is 0 Å². The second-order valence-electron chi connectivity index (χ2n) is 25.9. The number of hydrogen-bond acceptors (Lipinski definition) is 2. The second-order valence-corrected chi connectivity index (χ2v) is 25.9. The van der Waals surface area contributed by atoms with Gasteiger partial charge >= 0.3 is 0 Å². The predicted octanol–water partition coefficient (Wildman–Crippen LogP) is 20.7. The fraction of sp³-hybridized carbons (Fsp3) is 0.211. The maximum absolute atomic E-state index is 8.97. The van der Waals surface area contributed by atoms with E-state index in [-0.39, 0.29) is 72.5 Å². The van der Waals surface area contributed by atoms with Crippen LogP contribution in [0.15, 0.2) is 205 Å². The molecule has 0 fully saturated rings. The van der Waals surface area contributed by atoms with Gasteiger partial charge in [-0.15, -0.1) is 29.1 Å². The smallest absolute Gasteiger partial charge is 0.136 e. The third kappa shape index (κ3) is 9.81. The monoisotopic (exact) mass is 1250 g/mol. The molecule has 412 valence electrons. The van der Waals surface area contributed by atoms with Crippen LogP contribution in [0.2, 0.25) is 0 Å². The minimum absolute atomic E-state index is 0. The molecule has 82 heavy (non-hydrogen) atoms. The van der Waals surface area contributed by atoms with Gasteiger partial charge in [-0.1, -0.05) is 234 Å². The number of hydrogen-bond donors (Lipinski definition) is 0. The number of para-hydroxylation sites is 2. The molecular weight excluding hydrogens is 1180 g/mol. The number of benzene rings is 9. The van der Waals surface area contributed by atoms with Crippen LogP contribution >= 0.6 is 0 Å². The minimum Gasteiger partial charge on any atom is -0.510 e. The maximum atomic E-state index is 8.97. The fourth-order valence-corrected chi connectivity index (χ4v) is 11.5. The Labute approximate surface area is 503 Å². The Hall–Kier alpha value is -8.11. The third-order valence-electron chi connectivity index (χ3n) is 16.1. The fourth-order valence-electron chi connectivity index (χ4n) is 11.5. The van der Waals surface area contributed by atoms with Crippen LogP contribution in [0.3, 0.4) is 0 Å². The Kier molecular flexibility index (Phi) is 11.9. The van der Waals surface area contributed by atoms with Crippen LogP contribution in [0.5, 0.6) is 0 Å². The van der Waals surface area contributed by atoms with Crippen LogP contribution in [0.1, 0.15) is 112 Å². The average Bonchev–Trinajstić information content (AvgIpc) is 1.73. The molecule has 4 heterocycles. The van der Waals surface area contributed by atoms with Crippen LogP contribution in [0.4, 0.5) is 0 Å². The van der Waals surface area contributed by atoms with Gasteiger partial charge in [-0.05, 0) is 129 Å². The molecule has 12 aromatic rings. The summed E-state index contributed by atoms with van der Waals surface area (Å²) in [5, 5.41) is 6.84. The van der Waals surface area contributed by atoms with Gasteiger partial charge in [0.2, 0.25) is 0 Å². The summed E-state index contributed by atoms with van der Waals surface area (Å²) in [5.74, 6) is 0. The van der Waals surface area contributed by atoms with Crippen molar-refractivity contribution in [3.05, 3.63) is 235 Å². The molecule has 0 unspecified atom stereocenters. The normalized spacial score (nSPS) is 13.4. The summed E-state index contributed by atoms with van der Waals surface area (Å²) in [7, 11) is 0. The Balaban J connectivity index is 0.00000739. The largest absolute Gasteiger partial charge is 0.510 e. The summed E-state index contributed by atoms with van der Waals surface area (Å²) in [6.07, 6.45) is 2.23. The van der Waals surface area contributed by atoms with Gasteiger partial charge in [0.25, 0.3) is 0 Å². The standard InChI is InChI=1S/C76H69N4O.Pt/c1-73(2,3)53-27-21-25-51(37-53)63-41-55(75(7,8)9)42-65-61-29-17-16-28-60(61)50-24-20-26-52(36-50)66-43-56(76(10,11)12)44-71(77-66)80-67-35-32-49(48-22-14-13-15-23-48)38-64(67)62-34-33-58(46-70(62)80)81-59-40-54(74(4,5)6)39-57(45-59)78-47-79(72(63)65)69-31-19-18-30-68(69)78;/h13-44,47H,1-12H3;/q-3;/i13D,14D,15D,22D,23D;. The summed E-state index contributed by atoms with van der Waals surface area (Å²) in [6, 6.07) is 64.2. The van der Waals surface area contributed by atoms with E-state index in [1.165, 1.54) is 11.1 Å². The molecule has 10 bridgehead atoms. The van der Waals surface area contributed by atoms with E-state index in [9.17, 15) is 0 Å². The molecular formula is C76H69N4OPt-3. The Morgan fingerprint density at radius 1 is 0.463 bits per heavy atom. The Bertz CT molecular complexity index is 5090. The predicted molar refractivity (Wildman–Crippen MR) is 343 cm³/mol. The molecule has 0 radical (unpaired) electrons. The van der Waals surface area contributed by atoms with Crippen molar-refractivity contribution in [2.45, 2.75) is 105 Å². The van der Waals surface area contributed by atoms with Crippen LogP contribution in [-0.4, -0.2) is 18.5 Å². The summed E-state index contributed by atoms with van der Waals surface area (Å²) in [6.45, 7) is 27.0. The molecule has 1 aliphatic rings. The molecule has 0 saturated heterocycles. The molecule has 0 saturated carbocycles. The summed E-state index contributed by atoms with van der Waals surface area (Å²) in [4.78, 5) is 5.62. The average molecular weight is 1250 g/mol. The number of imidazole rings is 1. The van der Waals surface area contributed by atoms with Crippen LogP contribution in [0, 0.1) is 12.1 Å². The SMILES string of the molecule is [2H]c1c([2H])c([2H])c(-c2ccc3c(c2)c2ccc4[c-]c2n3c2cc(C(C)(C)C)cc(n2)c2cccc(c2)c2ccccc2c2cc(C(C)(C)C)cc(-c3cccc(C(C)(C)C)c3)c2n2[cH-]n(c3[c-]c(cc(C(C)(C)C)c3)o4)-c3ccccc3-2)c([2H])c1[2H].[Pt]. The van der Waals surface area contributed by atoms with Crippen molar-refractivity contribution in [1.82, 2.24) is 18.5 Å². The van der Waals surface area contributed by atoms with Crippen LogP contribution in [0.25, 0.3) is 116 Å². The second kappa shape index (κ2) is 20.1. The molecule has 13 rings (SSSR count). The van der Waals surface area contributed by atoms with Gasteiger partial charge in [0, 0.05) is 49.5 Å². The van der Waals surface area contributed by atoms with Crippen molar-refractivity contribution in [3.8, 4) is 33.6 Å². The van der Waals surface area contributed by atoms with E-state index < -0.39 is 6.04 Å². The molecule has 0 amide bonds. The van der Waals surface area contributed by atoms with E-state index in [1.807, 2.05) is 30.3 Å². The molecule has 0 atom stereocenters. The summed E-state index contributed by atoms with van der Waals surface area (Å²) < 4.78 is 57.2. The van der Waals surface area contributed by atoms with Gasteiger partial charge < -0.3 is 18.0 Å². The van der Waals surface area contributed by atoms with Crippen molar-refractivity contribution >= 4 is 82.1 Å². The molecule has 0 spiro atoms. The van der Waals surface area contributed by atoms with Crippen LogP contribution < -0.4 is 0 Å². The molecule has 9 aromatic carbocycles. The number of fused-ring (bicyclic) bond motifs is 23. The number of pyridine rings is 1. The van der Waals surface area contributed by atoms with Gasteiger partial charge in [-0.25, -0.2) is 4.98 Å². The van der Waals surface area contributed by atoms with Gasteiger partial charge in [0.15, 0.2) is 0 Å². The first-order valence-corrected chi connectivity index (χ1v) is 28.1. The van der Waals surface area contributed by atoms with E-state index in [1.54, 1.807) is 0 Å². The van der Waals surface area contributed by atoms with Crippen molar-refractivity contribution in [3.63, 3.8) is 0 Å². The Morgan fingerprint density at radius 3 is 1.85 bits per heavy atom. The number of nitrogens with zero attached hydrogens (tertiary/aromatic N) is 4. The third-order valence-corrected chi connectivity index (χ3v) is 16.1. The quantitative estimate of drug-likeness (QED) is 0.162. The van der Waals surface area contributed by atoms with E-state index in [0.717, 1.165) is 93.4 Å².